The Morgan fingerprint density at radius 2 is 2.16 bits per heavy atom. The highest BCUT2D eigenvalue weighted by Crippen LogP contribution is 2.34. The first kappa shape index (κ1) is 14.2. The smallest absolute Gasteiger partial charge is 0.242 e. The van der Waals surface area contributed by atoms with Gasteiger partial charge in [0.2, 0.25) is 5.88 Å². The third-order valence-electron chi connectivity index (χ3n) is 3.33. The van der Waals surface area contributed by atoms with Crippen LogP contribution in [0.5, 0.6) is 5.88 Å². The Bertz CT molecular complexity index is 441. The highest BCUT2D eigenvalue weighted by Gasteiger charge is 2.28. The Balaban J connectivity index is 2.29. The van der Waals surface area contributed by atoms with Crippen LogP contribution in [0.1, 0.15) is 27.7 Å². The molecule has 1 aliphatic heterocycles. The van der Waals surface area contributed by atoms with Crippen molar-refractivity contribution in [3.05, 3.63) is 6.33 Å². The minimum atomic E-state index is 0.0540. The molecule has 2 unspecified atom stereocenters. The number of thioether (sulfide) groups is 1. The molecule has 5 nitrogen and oxygen atoms in total. The quantitative estimate of drug-likeness (QED) is 0.916. The molecule has 2 heterocycles. The van der Waals surface area contributed by atoms with Crippen LogP contribution in [0, 0.1) is 0 Å². The normalized spacial score (nSPS) is 23.7. The first-order valence-corrected chi connectivity index (χ1v) is 7.71. The molecule has 2 atom stereocenters. The Kier molecular flexibility index (Phi) is 4.39. The van der Waals surface area contributed by atoms with Gasteiger partial charge >= 0.3 is 0 Å². The van der Waals surface area contributed by atoms with E-state index in [0.29, 0.717) is 22.9 Å². The summed E-state index contributed by atoms with van der Waals surface area (Å²) in [5.74, 6) is 2.37. The molecule has 0 spiro atoms. The molecule has 2 rings (SSSR count). The second-order valence-corrected chi connectivity index (χ2v) is 6.58. The van der Waals surface area contributed by atoms with Crippen LogP contribution < -0.4 is 15.4 Å². The van der Waals surface area contributed by atoms with Gasteiger partial charge < -0.3 is 15.4 Å². The minimum Gasteiger partial charge on any atom is -0.473 e. The number of nitrogens with zero attached hydrogens (tertiary/aromatic N) is 3. The van der Waals surface area contributed by atoms with Crippen LogP contribution in [-0.2, 0) is 0 Å². The number of hydrogen-bond acceptors (Lipinski definition) is 6. The van der Waals surface area contributed by atoms with Crippen molar-refractivity contribution in [1.82, 2.24) is 9.97 Å². The van der Waals surface area contributed by atoms with Crippen molar-refractivity contribution in [3.8, 4) is 5.88 Å². The average molecular weight is 282 g/mol. The molecule has 2 N–H and O–H groups in total. The summed E-state index contributed by atoms with van der Waals surface area (Å²) >= 11 is 1.99. The lowest BCUT2D eigenvalue weighted by Crippen LogP contribution is -2.45. The maximum Gasteiger partial charge on any atom is 0.242 e. The van der Waals surface area contributed by atoms with Crippen molar-refractivity contribution in [2.24, 2.45) is 0 Å². The van der Waals surface area contributed by atoms with Crippen molar-refractivity contribution < 1.29 is 4.74 Å². The summed E-state index contributed by atoms with van der Waals surface area (Å²) in [6, 6.07) is 0.405. The van der Waals surface area contributed by atoms with Gasteiger partial charge in [0.05, 0.1) is 6.10 Å². The molecule has 6 heteroatoms. The van der Waals surface area contributed by atoms with E-state index in [1.807, 2.05) is 25.6 Å². The molecule has 0 saturated carbocycles. The molecular formula is C13H22N4OS. The Morgan fingerprint density at radius 1 is 1.42 bits per heavy atom. The lowest BCUT2D eigenvalue weighted by atomic mass is 10.2. The van der Waals surface area contributed by atoms with Gasteiger partial charge in [0.25, 0.3) is 0 Å². The van der Waals surface area contributed by atoms with Crippen LogP contribution in [0.3, 0.4) is 0 Å². The van der Waals surface area contributed by atoms with Gasteiger partial charge in [-0.2, -0.15) is 16.7 Å². The molecule has 1 fully saturated rings. The van der Waals surface area contributed by atoms with E-state index in [9.17, 15) is 0 Å². The van der Waals surface area contributed by atoms with E-state index >= 15 is 0 Å². The molecule has 106 valence electrons. The van der Waals surface area contributed by atoms with Gasteiger partial charge in [-0.1, -0.05) is 6.92 Å². The standard InChI is InChI=1S/C13H22N4OS/c1-8(2)18-13-11(14)12(15-7-16-13)17-5-6-19-10(4)9(17)3/h7-10H,5-6,14H2,1-4H3. The summed E-state index contributed by atoms with van der Waals surface area (Å²) in [5.41, 5.74) is 6.72. The molecule has 0 aliphatic carbocycles. The zero-order valence-corrected chi connectivity index (χ0v) is 12.8. The molecule has 1 aliphatic rings. The van der Waals surface area contributed by atoms with Gasteiger partial charge in [-0.25, -0.2) is 4.98 Å². The fourth-order valence-corrected chi connectivity index (χ4v) is 3.25. The van der Waals surface area contributed by atoms with E-state index in [1.165, 1.54) is 6.33 Å². The predicted molar refractivity (Wildman–Crippen MR) is 80.9 cm³/mol. The van der Waals surface area contributed by atoms with Crippen molar-refractivity contribution in [3.63, 3.8) is 0 Å². The molecular weight excluding hydrogens is 260 g/mol. The lowest BCUT2D eigenvalue weighted by molar-refractivity contribution is 0.234. The highest BCUT2D eigenvalue weighted by atomic mass is 32.2. The van der Waals surface area contributed by atoms with Crippen LogP contribution in [0.25, 0.3) is 0 Å². The van der Waals surface area contributed by atoms with Crippen LogP contribution in [0.4, 0.5) is 11.5 Å². The van der Waals surface area contributed by atoms with Gasteiger partial charge in [-0.3, -0.25) is 0 Å². The van der Waals surface area contributed by atoms with E-state index in [2.05, 4.69) is 28.7 Å². The molecule has 0 radical (unpaired) electrons. The topological polar surface area (TPSA) is 64.3 Å². The molecule has 1 saturated heterocycles. The highest BCUT2D eigenvalue weighted by molar-refractivity contribution is 8.00. The number of anilines is 2. The van der Waals surface area contributed by atoms with Gasteiger partial charge in [-0.05, 0) is 20.8 Å². The predicted octanol–water partition coefficient (Wildman–Crippen LogP) is 2.18. The van der Waals surface area contributed by atoms with Crippen molar-refractivity contribution in [2.75, 3.05) is 22.9 Å². The zero-order chi connectivity index (χ0) is 14.0. The van der Waals surface area contributed by atoms with E-state index in [1.54, 1.807) is 0 Å². The SMILES string of the molecule is CC(C)Oc1ncnc(N2CCSC(C)C2C)c1N. The van der Waals surface area contributed by atoms with E-state index < -0.39 is 0 Å². The van der Waals surface area contributed by atoms with E-state index in [0.717, 1.165) is 18.1 Å². The minimum absolute atomic E-state index is 0.0540. The van der Waals surface area contributed by atoms with Crippen molar-refractivity contribution >= 4 is 23.3 Å². The van der Waals surface area contributed by atoms with Crippen molar-refractivity contribution in [1.29, 1.82) is 0 Å². The second-order valence-electron chi connectivity index (χ2n) is 5.09. The number of ether oxygens (including phenoxy) is 1. The molecule has 0 amide bonds. The molecule has 1 aromatic rings. The Hall–Kier alpha value is -1.17. The summed E-state index contributed by atoms with van der Waals surface area (Å²) in [6.07, 6.45) is 1.58. The maximum atomic E-state index is 6.17. The largest absolute Gasteiger partial charge is 0.473 e. The zero-order valence-electron chi connectivity index (χ0n) is 12.0. The van der Waals surface area contributed by atoms with Gasteiger partial charge in [0.15, 0.2) is 5.82 Å². The van der Waals surface area contributed by atoms with Gasteiger partial charge in [0.1, 0.15) is 12.0 Å². The summed E-state index contributed by atoms with van der Waals surface area (Å²) in [5, 5.41) is 0.567. The number of nitrogens with two attached hydrogens (primary N) is 1. The summed E-state index contributed by atoms with van der Waals surface area (Å²) < 4.78 is 5.63. The number of hydrogen-bond donors (Lipinski definition) is 1. The van der Waals surface area contributed by atoms with E-state index in [-0.39, 0.29) is 6.10 Å². The fourth-order valence-electron chi connectivity index (χ4n) is 2.15. The number of rotatable bonds is 3. The lowest BCUT2D eigenvalue weighted by Gasteiger charge is -2.38. The van der Waals surface area contributed by atoms with Crippen LogP contribution >= 0.6 is 11.8 Å². The van der Waals surface area contributed by atoms with Crippen LogP contribution in [0.15, 0.2) is 6.33 Å². The Morgan fingerprint density at radius 3 is 2.84 bits per heavy atom. The summed E-state index contributed by atoms with van der Waals surface area (Å²) in [6.45, 7) is 9.33. The molecule has 1 aromatic heterocycles. The molecule has 19 heavy (non-hydrogen) atoms. The third-order valence-corrected chi connectivity index (χ3v) is 4.67. The molecule has 0 bridgehead atoms. The van der Waals surface area contributed by atoms with E-state index in [4.69, 9.17) is 10.5 Å². The fraction of sp³-hybridized carbons (Fsp3) is 0.692. The third kappa shape index (κ3) is 3.05. The summed E-state index contributed by atoms with van der Waals surface area (Å²) in [4.78, 5) is 10.7. The maximum absolute atomic E-state index is 6.17. The van der Waals surface area contributed by atoms with Crippen LogP contribution in [0.2, 0.25) is 0 Å². The average Bonchev–Trinajstić information content (AvgIpc) is 2.35. The molecule has 0 aromatic carbocycles. The van der Waals surface area contributed by atoms with Crippen molar-refractivity contribution in [2.45, 2.75) is 45.1 Å². The first-order valence-electron chi connectivity index (χ1n) is 6.66. The number of nitrogen functional groups attached to an aromatic ring is 1. The Labute approximate surface area is 118 Å². The van der Waals surface area contributed by atoms with Crippen LogP contribution in [-0.4, -0.2) is 39.7 Å². The monoisotopic (exact) mass is 282 g/mol. The first-order chi connectivity index (χ1) is 9.00. The van der Waals surface area contributed by atoms with Gasteiger partial charge in [-0.15, -0.1) is 0 Å². The summed E-state index contributed by atoms with van der Waals surface area (Å²) in [7, 11) is 0. The van der Waals surface area contributed by atoms with Gasteiger partial charge in [0, 0.05) is 23.6 Å². The number of aromatic nitrogens is 2. The second kappa shape index (κ2) is 5.86.